The van der Waals surface area contributed by atoms with Crippen molar-refractivity contribution in [1.82, 2.24) is 5.32 Å². The van der Waals surface area contributed by atoms with Crippen LogP contribution in [0, 0.1) is 0 Å². The first kappa shape index (κ1) is 14.9. The van der Waals surface area contributed by atoms with E-state index < -0.39 is 5.97 Å². The van der Waals surface area contributed by atoms with Gasteiger partial charge >= 0.3 is 43.7 Å². The molecular weight excluding hydrogens is 220 g/mol. The Morgan fingerprint density at radius 1 is 1.60 bits per heavy atom. The first-order valence-corrected chi connectivity index (χ1v) is 4.96. The zero-order valence-corrected chi connectivity index (χ0v) is 8.36. The molecule has 5 heteroatoms. The maximum absolute atomic E-state index is 10.8. The first-order chi connectivity index (χ1) is 6.75. The molecule has 0 aromatic rings. The van der Waals surface area contributed by atoms with E-state index in [9.17, 15) is 4.79 Å². The van der Waals surface area contributed by atoms with Crippen molar-refractivity contribution in [2.24, 2.45) is 4.99 Å². The molecule has 1 heterocycles. The van der Waals surface area contributed by atoms with Gasteiger partial charge in [-0.2, -0.15) is 0 Å². The Labute approximate surface area is 120 Å². The number of nitrogens with zero attached hydrogens (tertiary/aromatic N) is 1. The van der Waals surface area contributed by atoms with E-state index in [2.05, 4.69) is 17.2 Å². The average Bonchev–Trinajstić information content (AvgIpc) is 2.19. The quantitative estimate of drug-likeness (QED) is 0.545. The predicted molar refractivity (Wildman–Crippen MR) is 63.8 cm³/mol. The molecule has 0 saturated carbocycles. The predicted octanol–water partition coefficient (Wildman–Crippen LogP) is 0.619. The second kappa shape index (κ2) is 8.13. The molecule has 82 valence electrons. The van der Waals surface area contributed by atoms with Crippen LogP contribution in [-0.2, 0) is 4.79 Å². The third-order valence-corrected chi connectivity index (χ3v) is 2.25. The number of aliphatic imine (C=N–C) groups is 1. The van der Waals surface area contributed by atoms with Gasteiger partial charge in [-0.1, -0.05) is 26.2 Å². The number of hydrogen-bond donors (Lipinski definition) is 2. The second-order valence-electron chi connectivity index (χ2n) is 3.36. The van der Waals surface area contributed by atoms with Crippen molar-refractivity contribution in [3.8, 4) is 0 Å². The van der Waals surface area contributed by atoms with E-state index in [0.717, 1.165) is 25.7 Å². The molecule has 1 atom stereocenters. The summed E-state index contributed by atoms with van der Waals surface area (Å²) < 4.78 is 0. The normalized spacial score (nSPS) is 18.7. The fourth-order valence-corrected chi connectivity index (χ4v) is 1.46. The number of aliphatic carboxylic acids is 1. The zero-order valence-electron chi connectivity index (χ0n) is 8.36. The Hall–Kier alpha value is -0.0603. The topological polar surface area (TPSA) is 61.7 Å². The van der Waals surface area contributed by atoms with E-state index in [4.69, 9.17) is 5.11 Å². The van der Waals surface area contributed by atoms with E-state index in [1.807, 2.05) is 0 Å². The molecule has 4 nitrogen and oxygen atoms in total. The van der Waals surface area contributed by atoms with Gasteiger partial charge in [0.05, 0.1) is 18.0 Å². The average molecular weight is 238 g/mol. The molecule has 0 aromatic carbocycles. The van der Waals surface area contributed by atoms with Gasteiger partial charge in [0, 0.05) is 6.20 Å². The van der Waals surface area contributed by atoms with E-state index in [1.165, 1.54) is 6.20 Å². The van der Waals surface area contributed by atoms with Gasteiger partial charge in [-0.15, -0.1) is 0 Å². The first-order valence-electron chi connectivity index (χ1n) is 4.96. The number of carboxylic acids is 1. The van der Waals surface area contributed by atoms with Crippen molar-refractivity contribution in [3.63, 3.8) is 0 Å². The Balaban J connectivity index is 0.00000196. The van der Waals surface area contributed by atoms with Gasteiger partial charge in [-0.25, -0.2) is 4.79 Å². The van der Waals surface area contributed by atoms with E-state index in [1.54, 1.807) is 6.34 Å². The number of carboxylic acid groups (broad SMARTS) is 1. The summed E-state index contributed by atoms with van der Waals surface area (Å²) in [5, 5.41) is 11.6. The maximum atomic E-state index is 10.8. The van der Waals surface area contributed by atoms with Crippen molar-refractivity contribution in [3.05, 3.63) is 11.8 Å². The molecule has 0 bridgehead atoms. The van der Waals surface area contributed by atoms with Crippen LogP contribution in [0.2, 0.25) is 0 Å². The zero-order chi connectivity index (χ0) is 10.4. The van der Waals surface area contributed by atoms with Crippen molar-refractivity contribution in [2.45, 2.75) is 38.6 Å². The number of unbranched alkanes of at least 4 members (excludes halogenated alkanes) is 2. The van der Waals surface area contributed by atoms with Crippen molar-refractivity contribution in [2.75, 3.05) is 0 Å². The molecule has 2 N–H and O–H groups in total. The third kappa shape index (κ3) is 5.00. The summed E-state index contributed by atoms with van der Waals surface area (Å²) in [6.45, 7) is 2.12. The molecule has 0 spiro atoms. The fourth-order valence-electron chi connectivity index (χ4n) is 1.46. The van der Waals surface area contributed by atoms with Gasteiger partial charge in [0.15, 0.2) is 0 Å². The summed E-state index contributed by atoms with van der Waals surface area (Å²) in [7, 11) is 0. The SMILES string of the molecule is CCCCCC1N=CNC=C1C(=O)O.[CaH2]. The van der Waals surface area contributed by atoms with Gasteiger partial charge in [0.1, 0.15) is 0 Å². The van der Waals surface area contributed by atoms with E-state index >= 15 is 0 Å². The van der Waals surface area contributed by atoms with Crippen molar-refractivity contribution < 1.29 is 9.90 Å². The van der Waals surface area contributed by atoms with Gasteiger partial charge in [0.2, 0.25) is 0 Å². The Morgan fingerprint density at radius 3 is 2.93 bits per heavy atom. The standard InChI is InChI=1S/C10H16N2O2.Ca.2H/c1-2-3-4-5-9-8(10(13)14)6-11-7-12-9;;;/h6-7,9H,2-5H2,1H3,(H,11,12)(H,13,14);;;. The molecule has 0 radical (unpaired) electrons. The molecule has 1 rings (SSSR count). The Bertz CT molecular complexity index is 264. The Kier molecular flexibility index (Phi) is 8.10. The van der Waals surface area contributed by atoms with Gasteiger partial charge in [0.25, 0.3) is 0 Å². The number of carbonyl (C=O) groups is 1. The van der Waals surface area contributed by atoms with Crippen LogP contribution in [0.4, 0.5) is 0 Å². The minimum atomic E-state index is -0.879. The fraction of sp³-hybridized carbons (Fsp3) is 0.600. The molecule has 1 aliphatic rings. The summed E-state index contributed by atoms with van der Waals surface area (Å²) >= 11 is 0. The van der Waals surface area contributed by atoms with Crippen LogP contribution < -0.4 is 5.32 Å². The van der Waals surface area contributed by atoms with Crippen LogP contribution in [0.3, 0.4) is 0 Å². The molecule has 15 heavy (non-hydrogen) atoms. The van der Waals surface area contributed by atoms with Crippen molar-refractivity contribution >= 4 is 50.0 Å². The third-order valence-electron chi connectivity index (χ3n) is 2.25. The van der Waals surface area contributed by atoms with Crippen molar-refractivity contribution in [1.29, 1.82) is 0 Å². The number of hydrogen-bond acceptors (Lipinski definition) is 3. The summed E-state index contributed by atoms with van der Waals surface area (Å²) in [4.78, 5) is 14.9. The van der Waals surface area contributed by atoms with Crippen LogP contribution in [-0.4, -0.2) is 61.2 Å². The monoisotopic (exact) mass is 238 g/mol. The molecule has 0 aromatic heterocycles. The number of nitrogens with one attached hydrogen (secondary N) is 1. The molecule has 1 aliphatic heterocycles. The van der Waals surface area contributed by atoms with Crippen LogP contribution in [0.5, 0.6) is 0 Å². The molecule has 0 aliphatic carbocycles. The summed E-state index contributed by atoms with van der Waals surface area (Å²) in [6, 6.07) is -0.166. The van der Waals surface area contributed by atoms with Crippen LogP contribution in [0.1, 0.15) is 32.6 Å². The molecule has 1 unspecified atom stereocenters. The van der Waals surface area contributed by atoms with Gasteiger partial charge < -0.3 is 10.4 Å². The van der Waals surface area contributed by atoms with E-state index in [0.29, 0.717) is 5.57 Å². The summed E-state index contributed by atoms with van der Waals surface area (Å²) in [5.41, 5.74) is 0.364. The van der Waals surface area contributed by atoms with Crippen LogP contribution in [0.25, 0.3) is 0 Å². The van der Waals surface area contributed by atoms with Gasteiger partial charge in [-0.3, -0.25) is 4.99 Å². The molecule has 0 fully saturated rings. The minimum absolute atomic E-state index is 0. The van der Waals surface area contributed by atoms with Gasteiger partial charge in [-0.05, 0) is 6.42 Å². The van der Waals surface area contributed by atoms with E-state index in [-0.39, 0.29) is 43.8 Å². The number of rotatable bonds is 5. The second-order valence-corrected chi connectivity index (χ2v) is 3.36. The van der Waals surface area contributed by atoms with Crippen LogP contribution >= 0.6 is 0 Å². The molecular formula is C10H18CaN2O2. The summed E-state index contributed by atoms with van der Waals surface area (Å²) in [6.07, 6.45) is 7.20. The molecule has 0 amide bonds. The summed E-state index contributed by atoms with van der Waals surface area (Å²) in [5.74, 6) is -0.879. The Morgan fingerprint density at radius 2 is 2.33 bits per heavy atom. The van der Waals surface area contributed by atoms with Crippen LogP contribution in [0.15, 0.2) is 16.8 Å². The molecule has 0 saturated heterocycles.